The van der Waals surface area contributed by atoms with Gasteiger partial charge in [-0.3, -0.25) is 4.79 Å². The molecule has 8 heteroatoms. The molecule has 3 saturated heterocycles. The van der Waals surface area contributed by atoms with E-state index in [1.165, 1.54) is 4.31 Å². The molecule has 0 bridgehead atoms. The molecular weight excluding hydrogens is 282 g/mol. The molecule has 0 aromatic carbocycles. The number of morpholine rings is 1. The molecule has 0 aromatic heterocycles. The van der Waals surface area contributed by atoms with Crippen molar-refractivity contribution in [3.8, 4) is 0 Å². The van der Waals surface area contributed by atoms with Gasteiger partial charge in [0.2, 0.25) is 5.91 Å². The second-order valence-corrected chi connectivity index (χ2v) is 7.80. The summed E-state index contributed by atoms with van der Waals surface area (Å²) in [4.78, 5) is 11.4. The van der Waals surface area contributed by atoms with Crippen LogP contribution in [0, 0.1) is 5.41 Å². The second-order valence-electron chi connectivity index (χ2n) is 5.87. The van der Waals surface area contributed by atoms with Crippen LogP contribution in [0.5, 0.6) is 0 Å². The fourth-order valence-corrected chi connectivity index (χ4v) is 4.82. The van der Waals surface area contributed by atoms with Gasteiger partial charge in [0.25, 0.3) is 10.2 Å². The van der Waals surface area contributed by atoms with E-state index in [4.69, 9.17) is 4.74 Å². The summed E-state index contributed by atoms with van der Waals surface area (Å²) in [6.07, 6.45) is 2.06. The third kappa shape index (κ3) is 2.57. The summed E-state index contributed by atoms with van der Waals surface area (Å²) in [5, 5.41) is 2.86. The Morgan fingerprint density at radius 3 is 2.20 bits per heavy atom. The zero-order valence-electron chi connectivity index (χ0n) is 11.5. The molecule has 0 aliphatic carbocycles. The third-order valence-electron chi connectivity index (χ3n) is 4.60. The molecule has 7 nitrogen and oxygen atoms in total. The number of piperidine rings is 1. The van der Waals surface area contributed by atoms with E-state index in [1.807, 2.05) is 0 Å². The molecule has 1 N–H and O–H groups in total. The predicted molar refractivity (Wildman–Crippen MR) is 72.2 cm³/mol. The van der Waals surface area contributed by atoms with Crippen molar-refractivity contribution in [3.63, 3.8) is 0 Å². The summed E-state index contributed by atoms with van der Waals surface area (Å²) in [6.45, 7) is 3.51. The van der Waals surface area contributed by atoms with Crippen molar-refractivity contribution in [1.29, 1.82) is 0 Å². The third-order valence-corrected chi connectivity index (χ3v) is 6.64. The fraction of sp³-hybridized carbons (Fsp3) is 0.917. The Kier molecular flexibility index (Phi) is 3.74. The Balaban J connectivity index is 1.64. The minimum Gasteiger partial charge on any atom is -0.379 e. The molecule has 0 saturated carbocycles. The van der Waals surface area contributed by atoms with E-state index in [0.717, 1.165) is 12.8 Å². The van der Waals surface area contributed by atoms with Crippen LogP contribution < -0.4 is 5.32 Å². The highest BCUT2D eigenvalue weighted by atomic mass is 32.2. The first-order valence-electron chi connectivity index (χ1n) is 7.12. The van der Waals surface area contributed by atoms with Gasteiger partial charge in [-0.1, -0.05) is 0 Å². The molecule has 20 heavy (non-hydrogen) atoms. The number of hydrogen-bond donors (Lipinski definition) is 1. The highest BCUT2D eigenvalue weighted by Crippen LogP contribution is 2.38. The summed E-state index contributed by atoms with van der Waals surface area (Å²) >= 11 is 0. The van der Waals surface area contributed by atoms with Crippen LogP contribution in [-0.4, -0.2) is 68.9 Å². The number of rotatable bonds is 2. The Morgan fingerprint density at radius 1 is 1.05 bits per heavy atom. The lowest BCUT2D eigenvalue weighted by Gasteiger charge is -2.40. The van der Waals surface area contributed by atoms with Crippen LogP contribution in [0.2, 0.25) is 0 Å². The zero-order chi connectivity index (χ0) is 14.2. The first-order chi connectivity index (χ1) is 9.52. The van der Waals surface area contributed by atoms with Crippen molar-refractivity contribution >= 4 is 16.1 Å². The number of carbonyl (C=O) groups excluding carboxylic acids is 1. The maximum atomic E-state index is 12.5. The molecule has 0 aromatic rings. The van der Waals surface area contributed by atoms with Crippen LogP contribution in [0.1, 0.15) is 19.3 Å². The molecule has 3 fully saturated rings. The SMILES string of the molecule is O=C1CC2(CCN(S(=O)(=O)N3CCOCC3)CC2)CN1. The number of hydrogen-bond acceptors (Lipinski definition) is 4. The first-order valence-corrected chi connectivity index (χ1v) is 8.51. The standard InChI is InChI=1S/C12H21N3O4S/c16-11-9-12(10-13-11)1-3-14(4-2-12)20(17,18)15-5-7-19-8-6-15/h1-10H2,(H,13,16). The van der Waals surface area contributed by atoms with E-state index in [9.17, 15) is 13.2 Å². The van der Waals surface area contributed by atoms with E-state index >= 15 is 0 Å². The first kappa shape index (κ1) is 14.2. The van der Waals surface area contributed by atoms with Gasteiger partial charge in [-0.25, -0.2) is 0 Å². The largest absolute Gasteiger partial charge is 0.379 e. The Morgan fingerprint density at radius 2 is 1.65 bits per heavy atom. The topological polar surface area (TPSA) is 79.0 Å². The average Bonchev–Trinajstić information content (AvgIpc) is 2.81. The van der Waals surface area contributed by atoms with Crippen molar-refractivity contribution in [2.75, 3.05) is 45.9 Å². The van der Waals surface area contributed by atoms with Gasteiger partial charge < -0.3 is 10.1 Å². The second kappa shape index (κ2) is 5.25. The lowest BCUT2D eigenvalue weighted by molar-refractivity contribution is -0.119. The Bertz CT molecular complexity index is 479. The van der Waals surface area contributed by atoms with Gasteiger partial charge in [0.15, 0.2) is 0 Å². The van der Waals surface area contributed by atoms with Gasteiger partial charge in [-0.15, -0.1) is 0 Å². The summed E-state index contributed by atoms with van der Waals surface area (Å²) in [5.74, 6) is 0.0921. The van der Waals surface area contributed by atoms with Gasteiger partial charge in [0, 0.05) is 39.1 Å². The van der Waals surface area contributed by atoms with E-state index in [0.29, 0.717) is 52.4 Å². The van der Waals surface area contributed by atoms with Gasteiger partial charge in [-0.2, -0.15) is 17.0 Å². The van der Waals surface area contributed by atoms with Crippen molar-refractivity contribution in [3.05, 3.63) is 0 Å². The maximum absolute atomic E-state index is 12.5. The van der Waals surface area contributed by atoms with E-state index in [1.54, 1.807) is 4.31 Å². The summed E-state index contributed by atoms with van der Waals surface area (Å²) in [6, 6.07) is 0. The van der Waals surface area contributed by atoms with Crippen molar-refractivity contribution in [2.24, 2.45) is 5.41 Å². The van der Waals surface area contributed by atoms with Crippen LogP contribution in [0.3, 0.4) is 0 Å². The molecule has 0 radical (unpaired) electrons. The van der Waals surface area contributed by atoms with E-state index in [-0.39, 0.29) is 11.3 Å². The molecule has 1 spiro atoms. The van der Waals surface area contributed by atoms with E-state index in [2.05, 4.69) is 5.32 Å². The van der Waals surface area contributed by atoms with Gasteiger partial charge in [0.1, 0.15) is 0 Å². The van der Waals surface area contributed by atoms with Crippen molar-refractivity contribution < 1.29 is 17.9 Å². The normalized spacial score (nSPS) is 28.7. The molecule has 3 aliphatic rings. The predicted octanol–water partition coefficient (Wildman–Crippen LogP) is -0.834. The summed E-state index contributed by atoms with van der Waals surface area (Å²) in [5.41, 5.74) is -0.0197. The summed E-state index contributed by atoms with van der Waals surface area (Å²) in [7, 11) is -3.36. The number of nitrogens with zero attached hydrogens (tertiary/aromatic N) is 2. The molecule has 3 rings (SSSR count). The number of amides is 1. The molecule has 0 unspecified atom stereocenters. The van der Waals surface area contributed by atoms with Gasteiger partial charge in [0.05, 0.1) is 13.2 Å². The highest BCUT2D eigenvalue weighted by Gasteiger charge is 2.44. The summed E-state index contributed by atoms with van der Waals surface area (Å²) < 4.78 is 33.3. The zero-order valence-corrected chi connectivity index (χ0v) is 12.3. The van der Waals surface area contributed by atoms with Crippen molar-refractivity contribution in [2.45, 2.75) is 19.3 Å². The fourth-order valence-electron chi connectivity index (χ4n) is 3.24. The monoisotopic (exact) mass is 303 g/mol. The van der Waals surface area contributed by atoms with Crippen molar-refractivity contribution in [1.82, 2.24) is 13.9 Å². The Labute approximate surface area is 119 Å². The quantitative estimate of drug-likeness (QED) is 0.722. The number of nitrogens with one attached hydrogen (secondary N) is 1. The molecule has 3 heterocycles. The van der Waals surface area contributed by atoms with Crippen LogP contribution in [0.25, 0.3) is 0 Å². The molecular formula is C12H21N3O4S. The minimum absolute atomic E-state index is 0.0197. The molecule has 0 atom stereocenters. The van der Waals surface area contributed by atoms with Crippen LogP contribution in [-0.2, 0) is 19.7 Å². The van der Waals surface area contributed by atoms with Gasteiger partial charge >= 0.3 is 0 Å². The van der Waals surface area contributed by atoms with Crippen LogP contribution >= 0.6 is 0 Å². The average molecular weight is 303 g/mol. The highest BCUT2D eigenvalue weighted by molar-refractivity contribution is 7.86. The molecule has 1 amide bonds. The number of carbonyl (C=O) groups is 1. The molecule has 3 aliphatic heterocycles. The lowest BCUT2D eigenvalue weighted by Crippen LogP contribution is -2.52. The Hall–Kier alpha value is -0.700. The lowest BCUT2D eigenvalue weighted by atomic mass is 9.78. The molecule has 114 valence electrons. The van der Waals surface area contributed by atoms with Crippen LogP contribution in [0.4, 0.5) is 0 Å². The maximum Gasteiger partial charge on any atom is 0.282 e. The van der Waals surface area contributed by atoms with Crippen LogP contribution in [0.15, 0.2) is 0 Å². The smallest absolute Gasteiger partial charge is 0.282 e. The minimum atomic E-state index is -3.36. The van der Waals surface area contributed by atoms with E-state index < -0.39 is 10.2 Å². The van der Waals surface area contributed by atoms with Gasteiger partial charge in [-0.05, 0) is 18.3 Å². The number of ether oxygens (including phenoxy) is 1.